The lowest BCUT2D eigenvalue weighted by Crippen LogP contribution is -2.20. The molecule has 1 aromatic carbocycles. The molecule has 2 aromatic rings. The van der Waals surface area contributed by atoms with Gasteiger partial charge in [-0.05, 0) is 11.6 Å². The van der Waals surface area contributed by atoms with Crippen molar-refractivity contribution in [3.63, 3.8) is 0 Å². The standard InChI is InChI=1S/C15H18N4O/c1-3-19-11-12(10-18-19)9-17-14-7-5-4-6-13(14)8-15(20)16-2/h3-7,10-11,17H,1,8-9H2,2H3,(H,16,20). The summed E-state index contributed by atoms with van der Waals surface area (Å²) in [6, 6.07) is 7.79. The van der Waals surface area contributed by atoms with Crippen molar-refractivity contribution in [3.05, 3.63) is 54.4 Å². The minimum atomic E-state index is -0.00118. The number of carbonyl (C=O) groups excluding carboxylic acids is 1. The highest BCUT2D eigenvalue weighted by atomic mass is 16.1. The number of para-hydroxylation sites is 1. The first kappa shape index (κ1) is 13.9. The van der Waals surface area contributed by atoms with E-state index in [4.69, 9.17) is 0 Å². The maximum atomic E-state index is 11.5. The zero-order valence-corrected chi connectivity index (χ0v) is 11.5. The molecule has 0 aliphatic carbocycles. The van der Waals surface area contributed by atoms with Gasteiger partial charge in [-0.3, -0.25) is 4.79 Å². The molecule has 0 aliphatic rings. The highest BCUT2D eigenvalue weighted by molar-refractivity contribution is 5.80. The summed E-state index contributed by atoms with van der Waals surface area (Å²) >= 11 is 0. The Balaban J connectivity index is 2.05. The molecule has 0 radical (unpaired) electrons. The Morgan fingerprint density at radius 1 is 1.45 bits per heavy atom. The second-order valence-corrected chi connectivity index (χ2v) is 4.37. The smallest absolute Gasteiger partial charge is 0.224 e. The van der Waals surface area contributed by atoms with Crippen molar-refractivity contribution in [3.8, 4) is 0 Å². The van der Waals surface area contributed by atoms with Gasteiger partial charge in [0.2, 0.25) is 5.91 Å². The Bertz CT molecular complexity index is 603. The summed E-state index contributed by atoms with van der Waals surface area (Å²) in [5.74, 6) is -0.00118. The molecule has 1 heterocycles. The molecular formula is C15H18N4O. The number of benzene rings is 1. The fraction of sp³-hybridized carbons (Fsp3) is 0.200. The lowest BCUT2D eigenvalue weighted by molar-refractivity contribution is -0.119. The average molecular weight is 270 g/mol. The van der Waals surface area contributed by atoms with Gasteiger partial charge in [0.15, 0.2) is 0 Å². The number of rotatable bonds is 6. The number of likely N-dealkylation sites (N-methyl/N-ethyl adjacent to an activating group) is 1. The van der Waals surface area contributed by atoms with Crippen LogP contribution in [0.3, 0.4) is 0 Å². The molecule has 0 fully saturated rings. The Labute approximate surface area is 118 Å². The van der Waals surface area contributed by atoms with Gasteiger partial charge in [0.1, 0.15) is 0 Å². The highest BCUT2D eigenvalue weighted by Gasteiger charge is 2.06. The van der Waals surface area contributed by atoms with E-state index >= 15 is 0 Å². The van der Waals surface area contributed by atoms with Crippen molar-refractivity contribution >= 4 is 17.8 Å². The number of anilines is 1. The van der Waals surface area contributed by atoms with Crippen LogP contribution in [0, 0.1) is 0 Å². The van der Waals surface area contributed by atoms with Crippen LogP contribution in [0.4, 0.5) is 5.69 Å². The van der Waals surface area contributed by atoms with Crippen LogP contribution >= 0.6 is 0 Å². The number of amides is 1. The van der Waals surface area contributed by atoms with E-state index in [0.29, 0.717) is 13.0 Å². The van der Waals surface area contributed by atoms with Gasteiger partial charge in [-0.25, -0.2) is 4.68 Å². The lowest BCUT2D eigenvalue weighted by Gasteiger charge is -2.10. The SMILES string of the molecule is C=Cn1cc(CNc2ccccc2CC(=O)NC)cn1. The summed E-state index contributed by atoms with van der Waals surface area (Å²) in [5, 5.41) is 10.1. The van der Waals surface area contributed by atoms with E-state index in [-0.39, 0.29) is 5.91 Å². The van der Waals surface area contributed by atoms with E-state index < -0.39 is 0 Å². The number of nitrogens with zero attached hydrogens (tertiary/aromatic N) is 2. The molecule has 5 nitrogen and oxygen atoms in total. The minimum Gasteiger partial charge on any atom is -0.381 e. The van der Waals surface area contributed by atoms with E-state index in [2.05, 4.69) is 22.3 Å². The summed E-state index contributed by atoms with van der Waals surface area (Å²) in [4.78, 5) is 11.5. The monoisotopic (exact) mass is 270 g/mol. The number of aromatic nitrogens is 2. The van der Waals surface area contributed by atoms with Crippen molar-refractivity contribution < 1.29 is 4.79 Å². The van der Waals surface area contributed by atoms with Gasteiger partial charge >= 0.3 is 0 Å². The average Bonchev–Trinajstić information content (AvgIpc) is 2.94. The highest BCUT2D eigenvalue weighted by Crippen LogP contribution is 2.16. The van der Waals surface area contributed by atoms with Crippen LogP contribution in [0.2, 0.25) is 0 Å². The molecular weight excluding hydrogens is 252 g/mol. The third-order valence-electron chi connectivity index (χ3n) is 2.97. The molecule has 1 amide bonds. The summed E-state index contributed by atoms with van der Waals surface area (Å²) in [6.45, 7) is 4.31. The van der Waals surface area contributed by atoms with E-state index in [9.17, 15) is 4.79 Å². The van der Waals surface area contributed by atoms with Gasteiger partial charge in [-0.2, -0.15) is 5.10 Å². The van der Waals surface area contributed by atoms with Gasteiger partial charge in [0.05, 0.1) is 12.6 Å². The summed E-state index contributed by atoms with van der Waals surface area (Å²) in [7, 11) is 1.64. The van der Waals surface area contributed by atoms with E-state index in [1.54, 1.807) is 24.1 Å². The van der Waals surface area contributed by atoms with E-state index in [0.717, 1.165) is 16.8 Å². The maximum absolute atomic E-state index is 11.5. The maximum Gasteiger partial charge on any atom is 0.224 e. The largest absolute Gasteiger partial charge is 0.381 e. The van der Waals surface area contributed by atoms with Crippen LogP contribution in [-0.2, 0) is 17.8 Å². The summed E-state index contributed by atoms with van der Waals surface area (Å²) < 4.78 is 1.66. The number of carbonyl (C=O) groups is 1. The summed E-state index contributed by atoms with van der Waals surface area (Å²) in [5.41, 5.74) is 2.99. The first-order chi connectivity index (χ1) is 9.72. The molecule has 1 aromatic heterocycles. The van der Waals surface area contributed by atoms with Crippen LogP contribution < -0.4 is 10.6 Å². The molecule has 2 rings (SSSR count). The molecule has 0 spiro atoms. The molecule has 0 bridgehead atoms. The molecule has 0 unspecified atom stereocenters. The predicted octanol–water partition coefficient (Wildman–Crippen LogP) is 1.88. The van der Waals surface area contributed by atoms with Crippen molar-refractivity contribution in [1.29, 1.82) is 0 Å². The third kappa shape index (κ3) is 3.47. The molecule has 104 valence electrons. The molecule has 0 atom stereocenters. The zero-order valence-electron chi connectivity index (χ0n) is 11.5. The quantitative estimate of drug-likeness (QED) is 0.842. The van der Waals surface area contributed by atoms with Crippen LogP contribution in [0.25, 0.3) is 6.20 Å². The number of hydrogen-bond acceptors (Lipinski definition) is 3. The molecule has 2 N–H and O–H groups in total. The van der Waals surface area contributed by atoms with Gasteiger partial charge in [0, 0.05) is 37.2 Å². The molecule has 0 aliphatic heterocycles. The molecule has 0 saturated heterocycles. The van der Waals surface area contributed by atoms with Gasteiger partial charge < -0.3 is 10.6 Å². The van der Waals surface area contributed by atoms with Crippen LogP contribution in [-0.4, -0.2) is 22.7 Å². The van der Waals surface area contributed by atoms with Crippen LogP contribution in [0.15, 0.2) is 43.2 Å². The Hall–Kier alpha value is -2.56. The first-order valence-electron chi connectivity index (χ1n) is 6.41. The van der Waals surface area contributed by atoms with Crippen LogP contribution in [0.5, 0.6) is 0 Å². The second-order valence-electron chi connectivity index (χ2n) is 4.37. The Morgan fingerprint density at radius 2 is 2.25 bits per heavy atom. The normalized spacial score (nSPS) is 10.1. The predicted molar refractivity (Wildman–Crippen MR) is 80.2 cm³/mol. The van der Waals surface area contributed by atoms with E-state index in [1.165, 1.54) is 0 Å². The van der Waals surface area contributed by atoms with Gasteiger partial charge in [-0.1, -0.05) is 24.8 Å². The third-order valence-corrected chi connectivity index (χ3v) is 2.97. The topological polar surface area (TPSA) is 59.0 Å². The molecule has 0 saturated carbocycles. The van der Waals surface area contributed by atoms with Crippen LogP contribution in [0.1, 0.15) is 11.1 Å². The van der Waals surface area contributed by atoms with Gasteiger partial charge in [-0.15, -0.1) is 0 Å². The number of hydrogen-bond donors (Lipinski definition) is 2. The van der Waals surface area contributed by atoms with Crippen molar-refractivity contribution in [1.82, 2.24) is 15.1 Å². The summed E-state index contributed by atoms with van der Waals surface area (Å²) in [6.07, 6.45) is 5.70. The van der Waals surface area contributed by atoms with Crippen molar-refractivity contribution in [2.45, 2.75) is 13.0 Å². The zero-order chi connectivity index (χ0) is 14.4. The van der Waals surface area contributed by atoms with Gasteiger partial charge in [0.25, 0.3) is 0 Å². The van der Waals surface area contributed by atoms with E-state index in [1.807, 2.05) is 30.5 Å². The Morgan fingerprint density at radius 3 is 2.95 bits per heavy atom. The molecule has 20 heavy (non-hydrogen) atoms. The van der Waals surface area contributed by atoms with Crippen molar-refractivity contribution in [2.24, 2.45) is 0 Å². The second kappa shape index (κ2) is 6.56. The lowest BCUT2D eigenvalue weighted by atomic mass is 10.1. The fourth-order valence-electron chi connectivity index (χ4n) is 1.87. The fourth-order valence-corrected chi connectivity index (χ4v) is 1.87. The molecule has 5 heteroatoms. The first-order valence-corrected chi connectivity index (χ1v) is 6.41. The number of nitrogens with one attached hydrogen (secondary N) is 2. The van der Waals surface area contributed by atoms with Crippen molar-refractivity contribution in [2.75, 3.05) is 12.4 Å². The minimum absolute atomic E-state index is 0.00118. The Kier molecular flexibility index (Phi) is 4.55.